The highest BCUT2D eigenvalue weighted by Gasteiger charge is 2.24. The molecular weight excluding hydrogens is 310 g/mol. The van der Waals surface area contributed by atoms with Crippen LogP contribution in [0.3, 0.4) is 0 Å². The number of nitrogens with two attached hydrogens (primary N) is 1. The molecule has 3 heterocycles. The average Bonchev–Trinajstić information content (AvgIpc) is 2.71. The molecule has 1 amide bonds. The van der Waals surface area contributed by atoms with Gasteiger partial charge in [0.1, 0.15) is 0 Å². The molecule has 0 bridgehead atoms. The lowest BCUT2D eigenvalue weighted by Crippen LogP contribution is -2.37. The van der Waals surface area contributed by atoms with Crippen LogP contribution in [0.15, 0.2) is 17.3 Å². The molecule has 3 rings (SSSR count). The van der Waals surface area contributed by atoms with E-state index in [1.807, 2.05) is 11.0 Å². The van der Waals surface area contributed by atoms with Crippen LogP contribution < -0.4 is 10.6 Å². The Bertz CT molecular complexity index is 723. The van der Waals surface area contributed by atoms with Crippen molar-refractivity contribution >= 4 is 29.6 Å². The number of amides is 1. The predicted molar refractivity (Wildman–Crippen MR) is 90.4 cm³/mol. The maximum absolute atomic E-state index is 12.5. The molecule has 9 heteroatoms. The Hall–Kier alpha value is -2.81. The third kappa shape index (κ3) is 3.25. The Balaban J connectivity index is 2.04. The van der Waals surface area contributed by atoms with Gasteiger partial charge >= 0.3 is 0 Å². The van der Waals surface area contributed by atoms with Crippen molar-refractivity contribution in [2.24, 2.45) is 10.7 Å². The van der Waals surface area contributed by atoms with Gasteiger partial charge in [0, 0.05) is 44.7 Å². The van der Waals surface area contributed by atoms with Crippen molar-refractivity contribution in [2.75, 3.05) is 44.8 Å². The molecule has 2 aliphatic rings. The number of likely N-dealkylation sites (N-methyl/N-ethyl adjacent to an activating group) is 1. The highest BCUT2D eigenvalue weighted by molar-refractivity contribution is 6.16. The second-order valence-electron chi connectivity index (χ2n) is 5.52. The number of aromatic nitrogens is 2. The molecule has 126 valence electrons. The van der Waals surface area contributed by atoms with E-state index in [1.165, 1.54) is 6.21 Å². The molecule has 0 aliphatic carbocycles. The van der Waals surface area contributed by atoms with Crippen molar-refractivity contribution in [3.8, 4) is 0 Å². The smallest absolute Gasteiger partial charge is 0.257 e. The Kier molecular flexibility index (Phi) is 4.52. The number of allylic oxidation sites excluding steroid dienone is 1. The van der Waals surface area contributed by atoms with E-state index in [4.69, 9.17) is 15.9 Å². The fourth-order valence-corrected chi connectivity index (χ4v) is 2.54. The lowest BCUT2D eigenvalue weighted by molar-refractivity contribution is 0.0810. The zero-order chi connectivity index (χ0) is 17.1. The molecule has 0 spiro atoms. The van der Waals surface area contributed by atoms with Gasteiger partial charge in [-0.3, -0.25) is 10.2 Å². The third-order valence-electron chi connectivity index (χ3n) is 3.85. The number of morpholine rings is 1. The number of carbonyl (C=O) groups is 1. The van der Waals surface area contributed by atoms with E-state index >= 15 is 0 Å². The fourth-order valence-electron chi connectivity index (χ4n) is 2.54. The molecule has 9 nitrogen and oxygen atoms in total. The summed E-state index contributed by atoms with van der Waals surface area (Å²) in [6.45, 7) is 3.06. The van der Waals surface area contributed by atoms with Crippen LogP contribution in [0.2, 0.25) is 0 Å². The molecule has 0 saturated carbocycles. The number of hydrogen-bond donors (Lipinski definition) is 2. The van der Waals surface area contributed by atoms with Gasteiger partial charge in [0.05, 0.1) is 24.5 Å². The van der Waals surface area contributed by atoms with Gasteiger partial charge in [0.2, 0.25) is 11.9 Å². The number of guanidine groups is 1. The molecule has 0 unspecified atom stereocenters. The van der Waals surface area contributed by atoms with Crippen molar-refractivity contribution in [1.29, 1.82) is 5.41 Å². The number of carbonyl (C=O) groups excluding carboxylic acids is 1. The first-order valence-corrected chi connectivity index (χ1v) is 7.60. The monoisotopic (exact) mass is 329 g/mol. The van der Waals surface area contributed by atoms with Crippen LogP contribution in [0.4, 0.5) is 5.95 Å². The number of aliphatic imine (C=N–C) groups is 1. The minimum atomic E-state index is -0.302. The van der Waals surface area contributed by atoms with E-state index in [0.29, 0.717) is 55.6 Å². The van der Waals surface area contributed by atoms with Crippen molar-refractivity contribution in [1.82, 2.24) is 14.9 Å². The first-order valence-electron chi connectivity index (χ1n) is 7.60. The van der Waals surface area contributed by atoms with Crippen molar-refractivity contribution in [2.45, 2.75) is 0 Å². The average molecular weight is 329 g/mol. The second-order valence-corrected chi connectivity index (χ2v) is 5.52. The number of ether oxygens (including phenoxy) is 1. The van der Waals surface area contributed by atoms with Crippen LogP contribution in [-0.4, -0.2) is 72.8 Å². The standard InChI is InChI=1S/C15H19N7O2/c1-21-3-2-10(8-18-14(16)17)12-11(13(21)23)9-19-15(20-12)22-4-6-24-7-5-22/h2,8-9H,3-7H2,1H3,(H3,16,17). The van der Waals surface area contributed by atoms with Crippen LogP contribution in [0, 0.1) is 5.41 Å². The zero-order valence-electron chi connectivity index (χ0n) is 13.4. The fraction of sp³-hybridized carbons (Fsp3) is 0.400. The summed E-state index contributed by atoms with van der Waals surface area (Å²) in [6, 6.07) is 0. The number of fused-ring (bicyclic) bond motifs is 1. The van der Waals surface area contributed by atoms with Gasteiger partial charge in [-0.25, -0.2) is 15.0 Å². The maximum Gasteiger partial charge on any atom is 0.257 e. The number of anilines is 1. The Morgan fingerprint density at radius 2 is 2.21 bits per heavy atom. The van der Waals surface area contributed by atoms with Crippen LogP contribution in [0.1, 0.15) is 16.1 Å². The van der Waals surface area contributed by atoms with Crippen LogP contribution in [0.5, 0.6) is 0 Å². The molecule has 0 aromatic carbocycles. The van der Waals surface area contributed by atoms with E-state index < -0.39 is 0 Å². The normalized spacial score (nSPS) is 18.4. The SMILES string of the molecule is CN1CC=C(C=NC(=N)N)c2nc(N3CCOCC3)ncc2C1=O. The van der Waals surface area contributed by atoms with E-state index in [9.17, 15) is 4.79 Å². The quantitative estimate of drug-likeness (QED) is 0.570. The summed E-state index contributed by atoms with van der Waals surface area (Å²) in [5.41, 5.74) is 6.86. The Labute approximate surface area is 139 Å². The van der Waals surface area contributed by atoms with Gasteiger partial charge < -0.3 is 20.3 Å². The molecule has 24 heavy (non-hydrogen) atoms. The van der Waals surface area contributed by atoms with Crippen molar-refractivity contribution < 1.29 is 9.53 Å². The van der Waals surface area contributed by atoms with Gasteiger partial charge in [-0.1, -0.05) is 6.08 Å². The van der Waals surface area contributed by atoms with Crippen LogP contribution in [-0.2, 0) is 4.74 Å². The molecule has 3 N–H and O–H groups in total. The van der Waals surface area contributed by atoms with Gasteiger partial charge in [0.15, 0.2) is 0 Å². The molecule has 1 saturated heterocycles. The van der Waals surface area contributed by atoms with E-state index in [2.05, 4.69) is 15.0 Å². The largest absolute Gasteiger partial charge is 0.378 e. The summed E-state index contributed by atoms with van der Waals surface area (Å²) < 4.78 is 5.34. The first-order chi connectivity index (χ1) is 11.6. The van der Waals surface area contributed by atoms with Gasteiger partial charge in [0.25, 0.3) is 5.91 Å². The van der Waals surface area contributed by atoms with E-state index in [-0.39, 0.29) is 11.9 Å². The summed E-state index contributed by atoms with van der Waals surface area (Å²) in [5.74, 6) is 0.0985. The van der Waals surface area contributed by atoms with Crippen molar-refractivity contribution in [3.05, 3.63) is 23.5 Å². The minimum absolute atomic E-state index is 0.152. The molecule has 1 aromatic rings. The van der Waals surface area contributed by atoms with Crippen LogP contribution >= 0.6 is 0 Å². The topological polar surface area (TPSA) is 121 Å². The molecular formula is C15H19N7O2. The highest BCUT2D eigenvalue weighted by Crippen LogP contribution is 2.23. The van der Waals surface area contributed by atoms with Gasteiger partial charge in [-0.2, -0.15) is 0 Å². The van der Waals surface area contributed by atoms with Crippen molar-refractivity contribution in [3.63, 3.8) is 0 Å². The second kappa shape index (κ2) is 6.75. The molecule has 0 radical (unpaired) electrons. The molecule has 0 atom stereocenters. The highest BCUT2D eigenvalue weighted by atomic mass is 16.5. The summed E-state index contributed by atoms with van der Waals surface area (Å²) >= 11 is 0. The number of rotatable bonds is 2. The van der Waals surface area contributed by atoms with Gasteiger partial charge in [-0.05, 0) is 0 Å². The minimum Gasteiger partial charge on any atom is -0.378 e. The zero-order valence-corrected chi connectivity index (χ0v) is 13.4. The van der Waals surface area contributed by atoms with Gasteiger partial charge in [-0.15, -0.1) is 0 Å². The lowest BCUT2D eigenvalue weighted by Gasteiger charge is -2.27. The Morgan fingerprint density at radius 1 is 1.46 bits per heavy atom. The predicted octanol–water partition coefficient (Wildman–Crippen LogP) is -0.254. The van der Waals surface area contributed by atoms with Crippen LogP contribution in [0.25, 0.3) is 5.57 Å². The summed E-state index contributed by atoms with van der Waals surface area (Å²) in [5, 5.41) is 7.25. The van der Waals surface area contributed by atoms with E-state index in [0.717, 1.165) is 0 Å². The maximum atomic E-state index is 12.5. The number of hydrogen-bond acceptors (Lipinski definition) is 6. The summed E-state index contributed by atoms with van der Waals surface area (Å²) in [7, 11) is 1.71. The first kappa shape index (κ1) is 16.1. The summed E-state index contributed by atoms with van der Waals surface area (Å²) in [4.78, 5) is 28.8. The number of nitrogens with one attached hydrogen (secondary N) is 1. The summed E-state index contributed by atoms with van der Waals surface area (Å²) in [6.07, 6.45) is 4.85. The third-order valence-corrected chi connectivity index (χ3v) is 3.85. The lowest BCUT2D eigenvalue weighted by atomic mass is 10.1. The Morgan fingerprint density at radius 3 is 2.92 bits per heavy atom. The molecule has 1 aromatic heterocycles. The number of nitrogens with zero attached hydrogens (tertiary/aromatic N) is 5. The molecule has 1 fully saturated rings. The van der Waals surface area contributed by atoms with E-state index in [1.54, 1.807) is 18.1 Å². The molecule has 2 aliphatic heterocycles.